The van der Waals surface area contributed by atoms with E-state index in [9.17, 15) is 0 Å². The van der Waals surface area contributed by atoms with E-state index in [1.165, 1.54) is 11.1 Å². The van der Waals surface area contributed by atoms with Crippen LogP contribution in [0.1, 0.15) is 24.1 Å². The summed E-state index contributed by atoms with van der Waals surface area (Å²) in [6, 6.07) is 12.8. The number of halogens is 1. The first kappa shape index (κ1) is 15.0. The zero-order chi connectivity index (χ0) is 14.5. The van der Waals surface area contributed by atoms with Crippen LogP contribution in [0, 0.1) is 0 Å². The van der Waals surface area contributed by atoms with Crippen molar-refractivity contribution in [3.63, 3.8) is 0 Å². The lowest BCUT2D eigenvalue weighted by Crippen LogP contribution is -2.22. The van der Waals surface area contributed by atoms with E-state index in [0.717, 1.165) is 16.8 Å². The quantitative estimate of drug-likeness (QED) is 0.902. The summed E-state index contributed by atoms with van der Waals surface area (Å²) in [4.78, 5) is 6.73. The topological polar surface area (TPSA) is 28.2 Å². The maximum absolute atomic E-state index is 4.54. The third-order valence-electron chi connectivity index (χ3n) is 3.39. The molecular formula is C16H20BrN3. The molecular weight excluding hydrogens is 314 g/mol. The molecule has 1 aromatic heterocycles. The van der Waals surface area contributed by atoms with E-state index < -0.39 is 0 Å². The highest BCUT2D eigenvalue weighted by atomic mass is 79.9. The van der Waals surface area contributed by atoms with Crippen molar-refractivity contribution in [1.82, 2.24) is 10.3 Å². The fourth-order valence-corrected chi connectivity index (χ4v) is 2.65. The molecule has 0 amide bonds. The van der Waals surface area contributed by atoms with Gasteiger partial charge in [0.1, 0.15) is 5.82 Å². The van der Waals surface area contributed by atoms with E-state index in [0.29, 0.717) is 0 Å². The Labute approximate surface area is 129 Å². The van der Waals surface area contributed by atoms with Crippen molar-refractivity contribution in [3.05, 3.63) is 58.2 Å². The molecule has 0 spiro atoms. The van der Waals surface area contributed by atoms with Crippen LogP contribution in [0.25, 0.3) is 0 Å². The fraction of sp³-hybridized carbons (Fsp3) is 0.312. The van der Waals surface area contributed by atoms with E-state index in [-0.39, 0.29) is 6.04 Å². The standard InChI is InChI=1S/C16H20BrN3/c1-12(18-2)15-8-5-9-19-16(15)20(3)11-13-6-4-7-14(17)10-13/h4-10,12,18H,11H2,1-3H3. The first-order valence-corrected chi connectivity index (χ1v) is 7.49. The molecule has 0 aliphatic heterocycles. The number of aromatic nitrogens is 1. The Morgan fingerprint density at radius 2 is 2.10 bits per heavy atom. The summed E-state index contributed by atoms with van der Waals surface area (Å²) in [5.74, 6) is 1.02. The van der Waals surface area contributed by atoms with Crippen molar-refractivity contribution in [2.24, 2.45) is 0 Å². The number of rotatable bonds is 5. The average molecular weight is 334 g/mol. The lowest BCUT2D eigenvalue weighted by atomic mass is 10.1. The van der Waals surface area contributed by atoms with Gasteiger partial charge in [0.15, 0.2) is 0 Å². The van der Waals surface area contributed by atoms with Gasteiger partial charge in [0, 0.05) is 35.9 Å². The van der Waals surface area contributed by atoms with Crippen LogP contribution in [-0.2, 0) is 6.54 Å². The van der Waals surface area contributed by atoms with Gasteiger partial charge in [0.25, 0.3) is 0 Å². The summed E-state index contributed by atoms with van der Waals surface area (Å²) in [6.45, 7) is 2.98. The van der Waals surface area contributed by atoms with Gasteiger partial charge in [-0.05, 0) is 37.7 Å². The van der Waals surface area contributed by atoms with Gasteiger partial charge in [-0.15, -0.1) is 0 Å². The number of nitrogens with one attached hydrogen (secondary N) is 1. The minimum absolute atomic E-state index is 0.281. The number of hydrogen-bond acceptors (Lipinski definition) is 3. The Hall–Kier alpha value is -1.39. The Bertz CT molecular complexity index is 571. The van der Waals surface area contributed by atoms with E-state index in [1.54, 1.807) is 0 Å². The summed E-state index contributed by atoms with van der Waals surface area (Å²) >= 11 is 3.51. The van der Waals surface area contributed by atoms with E-state index in [2.05, 4.69) is 69.4 Å². The molecule has 1 aromatic carbocycles. The molecule has 1 heterocycles. The Kier molecular flexibility index (Phi) is 5.15. The molecule has 1 N–H and O–H groups in total. The Balaban J connectivity index is 2.23. The van der Waals surface area contributed by atoms with Gasteiger partial charge in [0.2, 0.25) is 0 Å². The van der Waals surface area contributed by atoms with E-state index in [4.69, 9.17) is 0 Å². The molecule has 2 rings (SSSR count). The highest BCUT2D eigenvalue weighted by molar-refractivity contribution is 9.10. The second-order valence-electron chi connectivity index (χ2n) is 4.91. The molecule has 20 heavy (non-hydrogen) atoms. The third-order valence-corrected chi connectivity index (χ3v) is 3.88. The number of pyridine rings is 1. The molecule has 3 nitrogen and oxygen atoms in total. The molecule has 2 aromatic rings. The molecule has 0 aliphatic rings. The third kappa shape index (κ3) is 3.58. The normalized spacial score (nSPS) is 12.2. The Morgan fingerprint density at radius 3 is 2.80 bits per heavy atom. The minimum atomic E-state index is 0.281. The lowest BCUT2D eigenvalue weighted by molar-refractivity contribution is 0.646. The minimum Gasteiger partial charge on any atom is -0.355 e. The molecule has 4 heteroatoms. The highest BCUT2D eigenvalue weighted by Crippen LogP contribution is 2.24. The predicted molar refractivity (Wildman–Crippen MR) is 88.0 cm³/mol. The zero-order valence-electron chi connectivity index (χ0n) is 12.1. The van der Waals surface area contributed by atoms with Crippen LogP contribution in [-0.4, -0.2) is 19.1 Å². The van der Waals surface area contributed by atoms with Crippen molar-refractivity contribution in [2.45, 2.75) is 19.5 Å². The summed E-state index contributed by atoms with van der Waals surface area (Å²) in [5, 5.41) is 3.28. The fourth-order valence-electron chi connectivity index (χ4n) is 2.21. The summed E-state index contributed by atoms with van der Waals surface area (Å²) in [7, 11) is 4.05. The SMILES string of the molecule is CNC(C)c1cccnc1N(C)Cc1cccc(Br)c1. The number of hydrogen-bond donors (Lipinski definition) is 1. The van der Waals surface area contributed by atoms with Crippen molar-refractivity contribution in [2.75, 3.05) is 19.0 Å². The first-order valence-electron chi connectivity index (χ1n) is 6.69. The molecule has 1 unspecified atom stereocenters. The maximum atomic E-state index is 4.54. The molecule has 0 fully saturated rings. The van der Waals surface area contributed by atoms with Crippen LogP contribution in [0.3, 0.4) is 0 Å². The lowest BCUT2D eigenvalue weighted by Gasteiger charge is -2.23. The second-order valence-corrected chi connectivity index (χ2v) is 5.83. The first-order chi connectivity index (χ1) is 9.61. The van der Waals surface area contributed by atoms with Gasteiger partial charge in [-0.1, -0.05) is 34.1 Å². The largest absolute Gasteiger partial charge is 0.355 e. The zero-order valence-corrected chi connectivity index (χ0v) is 13.7. The van der Waals surface area contributed by atoms with Crippen LogP contribution in [0.15, 0.2) is 47.1 Å². The average Bonchev–Trinajstić information content (AvgIpc) is 2.46. The van der Waals surface area contributed by atoms with E-state index >= 15 is 0 Å². The smallest absolute Gasteiger partial charge is 0.133 e. The molecule has 1 atom stereocenters. The monoisotopic (exact) mass is 333 g/mol. The molecule has 0 saturated heterocycles. The van der Waals surface area contributed by atoms with Crippen LogP contribution in [0.5, 0.6) is 0 Å². The number of anilines is 1. The second kappa shape index (κ2) is 6.86. The van der Waals surface area contributed by atoms with Crippen LogP contribution >= 0.6 is 15.9 Å². The van der Waals surface area contributed by atoms with Gasteiger partial charge in [-0.25, -0.2) is 4.98 Å². The van der Waals surface area contributed by atoms with Crippen LogP contribution in [0.4, 0.5) is 5.82 Å². The summed E-state index contributed by atoms with van der Waals surface area (Å²) < 4.78 is 1.10. The molecule has 0 aliphatic carbocycles. The van der Waals surface area contributed by atoms with Crippen LogP contribution < -0.4 is 10.2 Å². The number of benzene rings is 1. The highest BCUT2D eigenvalue weighted by Gasteiger charge is 2.13. The van der Waals surface area contributed by atoms with Gasteiger partial charge in [-0.3, -0.25) is 0 Å². The molecule has 0 radical (unpaired) electrons. The molecule has 0 bridgehead atoms. The maximum Gasteiger partial charge on any atom is 0.133 e. The summed E-state index contributed by atoms with van der Waals surface area (Å²) in [6.07, 6.45) is 1.85. The van der Waals surface area contributed by atoms with Crippen molar-refractivity contribution >= 4 is 21.7 Å². The van der Waals surface area contributed by atoms with Gasteiger partial charge in [-0.2, -0.15) is 0 Å². The molecule has 0 saturated carbocycles. The van der Waals surface area contributed by atoms with Crippen molar-refractivity contribution in [3.8, 4) is 0 Å². The van der Waals surface area contributed by atoms with Gasteiger partial charge < -0.3 is 10.2 Å². The van der Waals surface area contributed by atoms with Crippen LogP contribution in [0.2, 0.25) is 0 Å². The van der Waals surface area contributed by atoms with E-state index in [1.807, 2.05) is 25.4 Å². The number of nitrogens with zero attached hydrogens (tertiary/aromatic N) is 2. The molecule has 106 valence electrons. The van der Waals surface area contributed by atoms with Gasteiger partial charge in [0.05, 0.1) is 0 Å². The van der Waals surface area contributed by atoms with Crippen molar-refractivity contribution < 1.29 is 0 Å². The van der Waals surface area contributed by atoms with Gasteiger partial charge >= 0.3 is 0 Å². The Morgan fingerprint density at radius 1 is 1.30 bits per heavy atom. The predicted octanol–water partition coefficient (Wildman–Crippen LogP) is 3.76. The summed E-state index contributed by atoms with van der Waals surface area (Å²) in [5.41, 5.74) is 2.48. The van der Waals surface area contributed by atoms with Crippen molar-refractivity contribution in [1.29, 1.82) is 0 Å².